The summed E-state index contributed by atoms with van der Waals surface area (Å²) in [4.78, 5) is 13.9. The molecule has 0 bridgehead atoms. The van der Waals surface area contributed by atoms with Crippen molar-refractivity contribution in [3.05, 3.63) is 22.5 Å². The van der Waals surface area contributed by atoms with Crippen LogP contribution in [-0.4, -0.2) is 31.3 Å². The van der Waals surface area contributed by atoms with Gasteiger partial charge >= 0.3 is 0 Å². The molecule has 2 aliphatic rings. The van der Waals surface area contributed by atoms with Crippen molar-refractivity contribution in [1.82, 2.24) is 10.2 Å². The first-order chi connectivity index (χ1) is 7.65. The first kappa shape index (κ1) is 11.2. The van der Waals surface area contributed by atoms with Crippen molar-refractivity contribution in [2.24, 2.45) is 0 Å². The van der Waals surface area contributed by atoms with E-state index in [4.69, 9.17) is 0 Å². The summed E-state index contributed by atoms with van der Waals surface area (Å²) < 4.78 is 0. The minimum absolute atomic E-state index is 0.188. The van der Waals surface area contributed by atoms with Gasteiger partial charge in [0.1, 0.15) is 0 Å². The maximum Gasteiger partial charge on any atom is 0.159 e. The average Bonchev–Trinajstić information content (AvgIpc) is 2.29. The Hall–Kier alpha value is -1.25. The van der Waals surface area contributed by atoms with Crippen LogP contribution in [0.3, 0.4) is 0 Å². The van der Waals surface area contributed by atoms with E-state index in [1.807, 2.05) is 7.05 Å². The minimum Gasteiger partial charge on any atom is -0.387 e. The number of rotatable bonds is 2. The molecule has 0 spiro atoms. The second-order valence-electron chi connectivity index (χ2n) is 4.65. The first-order valence-corrected chi connectivity index (χ1v) is 6.00. The van der Waals surface area contributed by atoms with Gasteiger partial charge in [-0.2, -0.15) is 0 Å². The Morgan fingerprint density at radius 2 is 2.00 bits per heavy atom. The molecule has 1 heterocycles. The van der Waals surface area contributed by atoms with E-state index in [9.17, 15) is 4.79 Å². The van der Waals surface area contributed by atoms with Gasteiger partial charge in [0.25, 0.3) is 0 Å². The molecule has 0 aromatic carbocycles. The fraction of sp³-hybridized carbons (Fsp3) is 0.615. The Morgan fingerprint density at radius 1 is 1.31 bits per heavy atom. The van der Waals surface area contributed by atoms with Crippen LogP contribution in [0.2, 0.25) is 0 Å². The van der Waals surface area contributed by atoms with Gasteiger partial charge in [0.05, 0.1) is 0 Å². The molecule has 1 N–H and O–H groups in total. The fourth-order valence-electron chi connectivity index (χ4n) is 2.76. The van der Waals surface area contributed by atoms with Gasteiger partial charge in [-0.1, -0.05) is 0 Å². The van der Waals surface area contributed by atoms with E-state index in [1.54, 1.807) is 6.92 Å². The van der Waals surface area contributed by atoms with Crippen LogP contribution in [0.4, 0.5) is 0 Å². The van der Waals surface area contributed by atoms with Crippen molar-refractivity contribution in [1.29, 1.82) is 0 Å². The van der Waals surface area contributed by atoms with Crippen LogP contribution >= 0.6 is 0 Å². The quantitative estimate of drug-likeness (QED) is 0.770. The van der Waals surface area contributed by atoms with Gasteiger partial charge in [-0.3, -0.25) is 4.79 Å². The summed E-state index contributed by atoms with van der Waals surface area (Å²) in [6.07, 6.45) is 4.77. The molecule has 16 heavy (non-hydrogen) atoms. The zero-order valence-electron chi connectivity index (χ0n) is 10.4. The van der Waals surface area contributed by atoms with Gasteiger partial charge < -0.3 is 10.2 Å². The highest BCUT2D eigenvalue weighted by molar-refractivity contribution is 5.95. The molecule has 0 fully saturated rings. The number of likely N-dealkylation sites (N-methyl/N-ethyl adjacent to an activating group) is 2. The number of carbonyl (C=O) groups is 1. The summed E-state index contributed by atoms with van der Waals surface area (Å²) >= 11 is 0. The number of carbonyl (C=O) groups excluding carboxylic acids is 1. The van der Waals surface area contributed by atoms with E-state index in [1.165, 1.54) is 24.1 Å². The van der Waals surface area contributed by atoms with Crippen LogP contribution in [0.15, 0.2) is 22.5 Å². The van der Waals surface area contributed by atoms with Gasteiger partial charge in [0.15, 0.2) is 5.78 Å². The average molecular weight is 220 g/mol. The summed E-state index contributed by atoms with van der Waals surface area (Å²) in [6, 6.07) is 0. The third-order valence-corrected chi connectivity index (χ3v) is 3.57. The van der Waals surface area contributed by atoms with Crippen LogP contribution in [0, 0.1) is 0 Å². The molecular formula is C13H20N2O. The second kappa shape index (κ2) is 4.32. The lowest BCUT2D eigenvalue weighted by Crippen LogP contribution is -2.34. The smallest absolute Gasteiger partial charge is 0.159 e. The highest BCUT2D eigenvalue weighted by Gasteiger charge is 2.27. The molecule has 88 valence electrons. The Balaban J connectivity index is 2.48. The molecule has 0 saturated heterocycles. The maximum atomic E-state index is 11.6. The third-order valence-electron chi connectivity index (χ3n) is 3.57. The third kappa shape index (κ3) is 1.75. The second-order valence-corrected chi connectivity index (χ2v) is 4.65. The molecule has 0 aromatic rings. The molecule has 0 radical (unpaired) electrons. The number of ketones is 1. The molecule has 0 aromatic heterocycles. The van der Waals surface area contributed by atoms with Crippen molar-refractivity contribution in [2.75, 3.05) is 20.6 Å². The number of nitrogens with one attached hydrogen (secondary N) is 1. The Kier molecular flexibility index (Phi) is 3.03. The summed E-state index contributed by atoms with van der Waals surface area (Å²) in [5.74, 6) is 0.188. The first-order valence-electron chi connectivity index (χ1n) is 6.00. The summed E-state index contributed by atoms with van der Waals surface area (Å²) in [6.45, 7) is 2.42. The summed E-state index contributed by atoms with van der Waals surface area (Å²) in [7, 11) is 4.01. The topological polar surface area (TPSA) is 32.3 Å². The van der Waals surface area contributed by atoms with Crippen LogP contribution in [-0.2, 0) is 4.79 Å². The lowest BCUT2D eigenvalue weighted by molar-refractivity contribution is -0.113. The number of allylic oxidation sites excluding steroid dienone is 2. The van der Waals surface area contributed by atoms with Crippen LogP contribution in [0.5, 0.6) is 0 Å². The predicted octanol–water partition coefficient (Wildman–Crippen LogP) is 1.82. The highest BCUT2D eigenvalue weighted by atomic mass is 16.1. The van der Waals surface area contributed by atoms with E-state index >= 15 is 0 Å². The predicted molar refractivity (Wildman–Crippen MR) is 64.9 cm³/mol. The SMILES string of the molecule is CNC1=C(C(C)=O)CN(C)C2=C1CCCC2. The van der Waals surface area contributed by atoms with Gasteiger partial charge in [-0.15, -0.1) is 0 Å². The number of Topliss-reactive ketones (excluding diaryl/α,β-unsaturated/α-hetero) is 1. The van der Waals surface area contributed by atoms with Crippen molar-refractivity contribution in [3.63, 3.8) is 0 Å². The molecule has 2 rings (SSSR count). The molecule has 3 nitrogen and oxygen atoms in total. The van der Waals surface area contributed by atoms with Crippen molar-refractivity contribution < 1.29 is 4.79 Å². The Morgan fingerprint density at radius 3 is 2.62 bits per heavy atom. The van der Waals surface area contributed by atoms with Crippen molar-refractivity contribution in [2.45, 2.75) is 32.6 Å². The Bertz CT molecular complexity index is 379. The fourth-order valence-corrected chi connectivity index (χ4v) is 2.76. The standard InChI is InChI=1S/C13H20N2O/c1-9(16)11-8-15(3)12-7-5-4-6-10(12)13(11)14-2/h14H,4-8H2,1-3H3. The molecular weight excluding hydrogens is 200 g/mol. The van der Waals surface area contributed by atoms with E-state index in [0.29, 0.717) is 0 Å². The molecule has 0 amide bonds. The Labute approximate surface area is 97.2 Å². The molecule has 1 aliphatic heterocycles. The van der Waals surface area contributed by atoms with Gasteiger partial charge in [0, 0.05) is 37.6 Å². The summed E-state index contributed by atoms with van der Waals surface area (Å²) in [5.41, 5.74) is 4.83. The van der Waals surface area contributed by atoms with Crippen LogP contribution in [0.1, 0.15) is 32.6 Å². The van der Waals surface area contributed by atoms with Crippen LogP contribution < -0.4 is 5.32 Å². The molecule has 0 atom stereocenters. The number of hydrogen-bond donors (Lipinski definition) is 1. The molecule has 0 unspecified atom stereocenters. The van der Waals surface area contributed by atoms with Crippen LogP contribution in [0.25, 0.3) is 0 Å². The van der Waals surface area contributed by atoms with E-state index < -0.39 is 0 Å². The van der Waals surface area contributed by atoms with E-state index in [-0.39, 0.29) is 5.78 Å². The normalized spacial score (nSPS) is 21.1. The lowest BCUT2D eigenvalue weighted by atomic mass is 9.87. The monoisotopic (exact) mass is 220 g/mol. The molecule has 3 heteroatoms. The zero-order chi connectivity index (χ0) is 11.7. The molecule has 0 saturated carbocycles. The van der Waals surface area contributed by atoms with E-state index in [0.717, 1.165) is 30.7 Å². The van der Waals surface area contributed by atoms with Gasteiger partial charge in [-0.25, -0.2) is 0 Å². The van der Waals surface area contributed by atoms with Crippen molar-refractivity contribution >= 4 is 5.78 Å². The van der Waals surface area contributed by atoms with Crippen molar-refractivity contribution in [3.8, 4) is 0 Å². The lowest BCUT2D eigenvalue weighted by Gasteiger charge is -2.36. The minimum atomic E-state index is 0.188. The number of hydrogen-bond acceptors (Lipinski definition) is 3. The summed E-state index contributed by atoms with van der Waals surface area (Å²) in [5, 5.41) is 3.23. The van der Waals surface area contributed by atoms with E-state index in [2.05, 4.69) is 17.3 Å². The number of nitrogens with zero attached hydrogens (tertiary/aromatic N) is 1. The maximum absolute atomic E-state index is 11.6. The molecule has 1 aliphatic carbocycles. The highest BCUT2D eigenvalue weighted by Crippen LogP contribution is 2.35. The van der Waals surface area contributed by atoms with Gasteiger partial charge in [-0.05, 0) is 38.2 Å². The largest absolute Gasteiger partial charge is 0.387 e. The zero-order valence-corrected chi connectivity index (χ0v) is 10.4. The van der Waals surface area contributed by atoms with Gasteiger partial charge in [0.2, 0.25) is 0 Å².